The van der Waals surface area contributed by atoms with Gasteiger partial charge in [0.2, 0.25) is 10.0 Å². The van der Waals surface area contributed by atoms with E-state index in [4.69, 9.17) is 23.2 Å². The lowest BCUT2D eigenvalue weighted by Crippen LogP contribution is -2.52. The number of rotatable bonds is 3. The van der Waals surface area contributed by atoms with Gasteiger partial charge in [-0.2, -0.15) is 4.31 Å². The van der Waals surface area contributed by atoms with Gasteiger partial charge in [0.1, 0.15) is 11.4 Å². The van der Waals surface area contributed by atoms with Crippen LogP contribution in [-0.4, -0.2) is 43.1 Å². The van der Waals surface area contributed by atoms with E-state index in [-0.39, 0.29) is 23.9 Å². The molecule has 1 amide bonds. The number of aliphatic imine (C=N–C) groups is 1. The Bertz CT molecular complexity index is 1110. The number of nitrogens with zero attached hydrogens (tertiary/aromatic N) is 2. The number of hydrogen-bond acceptors (Lipinski definition) is 4. The topological polar surface area (TPSA) is 78.8 Å². The molecule has 0 atom stereocenters. The highest BCUT2D eigenvalue weighted by Gasteiger charge is 2.44. The fourth-order valence-corrected chi connectivity index (χ4v) is 5.75. The molecule has 2 aromatic carbocycles. The number of halogens is 2. The van der Waals surface area contributed by atoms with Crippen LogP contribution in [0.1, 0.15) is 24.0 Å². The number of piperidine rings is 1. The quantitative estimate of drug-likeness (QED) is 0.776. The second kappa shape index (κ2) is 7.40. The maximum absolute atomic E-state index is 13.1. The van der Waals surface area contributed by atoms with Crippen molar-refractivity contribution in [2.45, 2.75) is 30.3 Å². The molecule has 0 radical (unpaired) electrons. The van der Waals surface area contributed by atoms with E-state index in [1.807, 2.05) is 0 Å². The van der Waals surface area contributed by atoms with E-state index in [0.717, 1.165) is 0 Å². The van der Waals surface area contributed by atoms with Crippen molar-refractivity contribution in [3.8, 4) is 0 Å². The average molecular weight is 452 g/mol. The van der Waals surface area contributed by atoms with E-state index in [1.165, 1.54) is 10.4 Å². The summed E-state index contributed by atoms with van der Waals surface area (Å²) in [4.78, 5) is 17.4. The van der Waals surface area contributed by atoms with Gasteiger partial charge in [0, 0.05) is 41.5 Å². The summed E-state index contributed by atoms with van der Waals surface area (Å²) in [6, 6.07) is 11.8. The molecule has 0 unspecified atom stereocenters. The summed E-state index contributed by atoms with van der Waals surface area (Å²) >= 11 is 11.9. The Morgan fingerprint density at radius 3 is 2.31 bits per heavy atom. The maximum Gasteiger partial charge on any atom is 0.272 e. The third-order valence-corrected chi connectivity index (χ3v) is 7.85. The number of carbonyl (C=O) groups is 1. The summed E-state index contributed by atoms with van der Waals surface area (Å²) in [7, 11) is -3.67. The molecule has 1 saturated heterocycles. The molecule has 2 aromatic rings. The molecule has 0 aliphatic carbocycles. The minimum atomic E-state index is -3.67. The fourth-order valence-electron chi connectivity index (χ4n) is 3.69. The molecule has 1 N–H and O–H groups in total. The number of aryl methyl sites for hydroxylation is 1. The monoisotopic (exact) mass is 451 g/mol. The lowest BCUT2D eigenvalue weighted by molar-refractivity contribution is -0.115. The standard InChI is InChI=1S/C20H19Cl2N3O3S/c1-13-2-5-16(22)12-17(13)29(27,28)25-10-8-20(9-11-25)23-18(19(26)24-20)14-3-6-15(21)7-4-14/h2-7,12H,8-11H2,1H3,(H,24,26). The van der Waals surface area contributed by atoms with Crippen LogP contribution in [0.5, 0.6) is 0 Å². The molecule has 0 saturated carbocycles. The number of sulfonamides is 1. The first kappa shape index (κ1) is 20.3. The van der Waals surface area contributed by atoms with Crippen molar-refractivity contribution in [1.82, 2.24) is 9.62 Å². The highest BCUT2D eigenvalue weighted by atomic mass is 35.5. The second-order valence-electron chi connectivity index (χ2n) is 7.27. The van der Waals surface area contributed by atoms with E-state index in [2.05, 4.69) is 10.3 Å². The van der Waals surface area contributed by atoms with Crippen molar-refractivity contribution in [1.29, 1.82) is 0 Å². The Balaban J connectivity index is 1.55. The lowest BCUT2D eigenvalue weighted by atomic mass is 10.00. The van der Waals surface area contributed by atoms with Crippen molar-refractivity contribution in [2.24, 2.45) is 4.99 Å². The normalized spacial score (nSPS) is 19.3. The van der Waals surface area contributed by atoms with Crippen molar-refractivity contribution < 1.29 is 13.2 Å². The fraction of sp³-hybridized carbons (Fsp3) is 0.300. The number of amides is 1. The van der Waals surface area contributed by atoms with Crippen LogP contribution < -0.4 is 5.32 Å². The first-order valence-electron chi connectivity index (χ1n) is 9.15. The molecule has 152 valence electrons. The molecule has 4 rings (SSSR count). The van der Waals surface area contributed by atoms with Gasteiger partial charge in [-0.15, -0.1) is 0 Å². The third kappa shape index (κ3) is 3.80. The Morgan fingerprint density at radius 1 is 1.03 bits per heavy atom. The van der Waals surface area contributed by atoms with Crippen LogP contribution in [0.2, 0.25) is 10.0 Å². The summed E-state index contributed by atoms with van der Waals surface area (Å²) in [5, 5.41) is 3.90. The third-order valence-electron chi connectivity index (χ3n) is 5.32. The molecule has 0 bridgehead atoms. The summed E-state index contributed by atoms with van der Waals surface area (Å²) < 4.78 is 27.6. The first-order chi connectivity index (χ1) is 13.7. The molecule has 0 aromatic heterocycles. The van der Waals surface area contributed by atoms with Crippen LogP contribution in [-0.2, 0) is 14.8 Å². The highest BCUT2D eigenvalue weighted by molar-refractivity contribution is 7.89. The predicted octanol–water partition coefficient (Wildman–Crippen LogP) is 3.40. The van der Waals surface area contributed by atoms with Gasteiger partial charge in [0.25, 0.3) is 5.91 Å². The zero-order valence-electron chi connectivity index (χ0n) is 15.7. The van der Waals surface area contributed by atoms with Gasteiger partial charge in [0.05, 0.1) is 4.90 Å². The van der Waals surface area contributed by atoms with E-state index in [9.17, 15) is 13.2 Å². The molecule has 2 aliphatic heterocycles. The van der Waals surface area contributed by atoms with Crippen LogP contribution in [0, 0.1) is 6.92 Å². The Morgan fingerprint density at radius 2 is 1.66 bits per heavy atom. The molecule has 1 fully saturated rings. The van der Waals surface area contributed by atoms with Crippen molar-refractivity contribution in [2.75, 3.05) is 13.1 Å². The largest absolute Gasteiger partial charge is 0.326 e. The van der Waals surface area contributed by atoms with Gasteiger partial charge in [-0.1, -0.05) is 41.4 Å². The molecule has 1 spiro atoms. The molecule has 29 heavy (non-hydrogen) atoms. The summed E-state index contributed by atoms with van der Waals surface area (Å²) in [6.45, 7) is 2.26. The second-order valence-corrected chi connectivity index (χ2v) is 10.0. The number of hydrogen-bond donors (Lipinski definition) is 1. The number of nitrogens with one attached hydrogen (secondary N) is 1. The van der Waals surface area contributed by atoms with Crippen LogP contribution in [0.3, 0.4) is 0 Å². The summed E-state index contributed by atoms with van der Waals surface area (Å²) in [5.41, 5.74) is 0.908. The molecular formula is C20H19Cl2N3O3S. The SMILES string of the molecule is Cc1ccc(Cl)cc1S(=O)(=O)N1CCC2(CC1)N=C(c1ccc(Cl)cc1)C(=O)N2. The first-order valence-corrected chi connectivity index (χ1v) is 11.3. The number of carbonyl (C=O) groups excluding carboxylic acids is 1. The Kier molecular flexibility index (Phi) is 5.19. The molecule has 2 aliphatic rings. The molecule has 9 heteroatoms. The predicted molar refractivity (Wildman–Crippen MR) is 113 cm³/mol. The van der Waals surface area contributed by atoms with E-state index in [0.29, 0.717) is 39.7 Å². The van der Waals surface area contributed by atoms with Crippen molar-refractivity contribution in [3.05, 3.63) is 63.6 Å². The smallest absolute Gasteiger partial charge is 0.272 e. The minimum Gasteiger partial charge on any atom is -0.326 e. The van der Waals surface area contributed by atoms with Crippen LogP contribution in [0.25, 0.3) is 0 Å². The van der Waals surface area contributed by atoms with E-state index in [1.54, 1.807) is 43.3 Å². The van der Waals surface area contributed by atoms with Gasteiger partial charge in [-0.25, -0.2) is 8.42 Å². The van der Waals surface area contributed by atoms with Crippen LogP contribution >= 0.6 is 23.2 Å². The van der Waals surface area contributed by atoms with Gasteiger partial charge >= 0.3 is 0 Å². The van der Waals surface area contributed by atoms with Crippen LogP contribution in [0.15, 0.2) is 52.4 Å². The van der Waals surface area contributed by atoms with Gasteiger partial charge in [-0.3, -0.25) is 9.79 Å². The summed E-state index contributed by atoms with van der Waals surface area (Å²) in [5.74, 6) is -0.255. The lowest BCUT2D eigenvalue weighted by Gasteiger charge is -2.36. The van der Waals surface area contributed by atoms with Gasteiger partial charge < -0.3 is 5.32 Å². The average Bonchev–Trinajstić information content (AvgIpc) is 3.00. The van der Waals surface area contributed by atoms with E-state index < -0.39 is 15.7 Å². The Labute approximate surface area is 179 Å². The zero-order valence-corrected chi connectivity index (χ0v) is 18.0. The molecule has 2 heterocycles. The van der Waals surface area contributed by atoms with Crippen molar-refractivity contribution >= 4 is 44.8 Å². The highest BCUT2D eigenvalue weighted by Crippen LogP contribution is 2.32. The molecule has 6 nitrogen and oxygen atoms in total. The summed E-state index contributed by atoms with van der Waals surface area (Å²) in [6.07, 6.45) is 0.795. The van der Waals surface area contributed by atoms with E-state index >= 15 is 0 Å². The molecular weight excluding hydrogens is 433 g/mol. The van der Waals surface area contributed by atoms with Crippen LogP contribution in [0.4, 0.5) is 0 Å². The Hall–Kier alpha value is -1.93. The van der Waals surface area contributed by atoms with Crippen molar-refractivity contribution in [3.63, 3.8) is 0 Å². The minimum absolute atomic E-state index is 0.210. The van der Waals surface area contributed by atoms with Gasteiger partial charge in [-0.05, 0) is 36.8 Å². The van der Waals surface area contributed by atoms with Gasteiger partial charge in [0.15, 0.2) is 0 Å². The maximum atomic E-state index is 13.1. The zero-order chi connectivity index (χ0) is 20.8. The number of benzene rings is 2.